The summed E-state index contributed by atoms with van der Waals surface area (Å²) in [5.41, 5.74) is 4.92. The van der Waals surface area contributed by atoms with Crippen LogP contribution in [-0.4, -0.2) is 13.2 Å². The van der Waals surface area contributed by atoms with Crippen molar-refractivity contribution in [1.82, 2.24) is 0 Å². The molecule has 0 aromatic carbocycles. The Kier molecular flexibility index (Phi) is 3.09. The van der Waals surface area contributed by atoms with Gasteiger partial charge >= 0.3 is 0 Å². The van der Waals surface area contributed by atoms with Gasteiger partial charge in [0.05, 0.1) is 4.34 Å². The predicted molar refractivity (Wildman–Crippen MR) is 51.7 cm³/mol. The minimum atomic E-state index is -0.558. The second kappa shape index (κ2) is 3.73. The maximum absolute atomic E-state index is 12.6. The van der Waals surface area contributed by atoms with Crippen LogP contribution in [0.15, 0.2) is 12.1 Å². The SMILES string of the molecule is CC(CN)(CF)c1ccc(Cl)s1. The molecular weight excluding hydrogens is 197 g/mol. The average molecular weight is 208 g/mol. The Labute approximate surface area is 80.3 Å². The van der Waals surface area contributed by atoms with Crippen LogP contribution in [0.2, 0.25) is 4.34 Å². The Hall–Kier alpha value is -0.120. The fourth-order valence-corrected chi connectivity index (χ4v) is 2.04. The molecule has 0 aliphatic rings. The average Bonchev–Trinajstić information content (AvgIpc) is 2.51. The molecule has 0 saturated carbocycles. The van der Waals surface area contributed by atoms with E-state index >= 15 is 0 Å². The van der Waals surface area contributed by atoms with Gasteiger partial charge in [0.2, 0.25) is 0 Å². The fourth-order valence-electron chi connectivity index (χ4n) is 0.860. The second-order valence-corrected chi connectivity index (χ2v) is 4.72. The predicted octanol–water partition coefficient (Wildman–Crippen LogP) is 2.59. The molecule has 0 fully saturated rings. The van der Waals surface area contributed by atoms with E-state index < -0.39 is 12.1 Å². The first-order valence-electron chi connectivity index (χ1n) is 3.64. The van der Waals surface area contributed by atoms with E-state index in [1.807, 2.05) is 6.07 Å². The molecule has 1 unspecified atom stereocenters. The van der Waals surface area contributed by atoms with E-state index in [-0.39, 0.29) is 0 Å². The lowest BCUT2D eigenvalue weighted by Crippen LogP contribution is -2.32. The van der Waals surface area contributed by atoms with Crippen LogP contribution in [0.25, 0.3) is 0 Å². The number of rotatable bonds is 3. The number of hydrogen-bond acceptors (Lipinski definition) is 2. The van der Waals surface area contributed by atoms with Crippen molar-refractivity contribution in [3.63, 3.8) is 0 Å². The summed E-state index contributed by atoms with van der Waals surface area (Å²) in [6, 6.07) is 3.60. The molecule has 68 valence electrons. The highest BCUT2D eigenvalue weighted by Gasteiger charge is 2.26. The molecule has 1 aromatic heterocycles. The first kappa shape index (κ1) is 9.96. The van der Waals surface area contributed by atoms with Gasteiger partial charge in [-0.1, -0.05) is 18.5 Å². The number of nitrogens with two attached hydrogens (primary N) is 1. The molecule has 0 bridgehead atoms. The third kappa shape index (κ3) is 1.79. The van der Waals surface area contributed by atoms with Crippen LogP contribution in [0, 0.1) is 0 Å². The van der Waals surface area contributed by atoms with Crippen molar-refractivity contribution >= 4 is 22.9 Å². The van der Waals surface area contributed by atoms with Gasteiger partial charge < -0.3 is 5.73 Å². The molecule has 0 spiro atoms. The molecule has 0 amide bonds. The molecule has 0 saturated heterocycles. The van der Waals surface area contributed by atoms with Crippen LogP contribution in [0.3, 0.4) is 0 Å². The Morgan fingerprint density at radius 2 is 2.33 bits per heavy atom. The summed E-state index contributed by atoms with van der Waals surface area (Å²) in [5, 5.41) is 0. The normalized spacial score (nSPS) is 16.0. The van der Waals surface area contributed by atoms with E-state index in [1.54, 1.807) is 13.0 Å². The van der Waals surface area contributed by atoms with Gasteiger partial charge in [-0.2, -0.15) is 0 Å². The molecule has 12 heavy (non-hydrogen) atoms. The summed E-state index contributed by atoms with van der Waals surface area (Å²) in [7, 11) is 0. The molecule has 1 nitrogen and oxygen atoms in total. The fraction of sp³-hybridized carbons (Fsp3) is 0.500. The van der Waals surface area contributed by atoms with Crippen LogP contribution >= 0.6 is 22.9 Å². The zero-order valence-electron chi connectivity index (χ0n) is 6.81. The van der Waals surface area contributed by atoms with Gasteiger partial charge in [0.1, 0.15) is 6.67 Å². The number of hydrogen-bond donors (Lipinski definition) is 1. The van der Waals surface area contributed by atoms with Gasteiger partial charge in [-0.15, -0.1) is 11.3 Å². The molecular formula is C8H11ClFNS. The van der Waals surface area contributed by atoms with E-state index in [1.165, 1.54) is 11.3 Å². The summed E-state index contributed by atoms with van der Waals surface area (Å²) in [6.07, 6.45) is 0. The minimum Gasteiger partial charge on any atom is -0.329 e. The second-order valence-electron chi connectivity index (χ2n) is 3.00. The summed E-state index contributed by atoms with van der Waals surface area (Å²) in [6.45, 7) is 1.66. The van der Waals surface area contributed by atoms with E-state index in [2.05, 4.69) is 0 Å². The van der Waals surface area contributed by atoms with Crippen molar-refractivity contribution in [3.05, 3.63) is 21.3 Å². The maximum atomic E-state index is 12.6. The van der Waals surface area contributed by atoms with Gasteiger partial charge in [-0.05, 0) is 12.1 Å². The molecule has 0 aliphatic carbocycles. The Morgan fingerprint density at radius 1 is 1.67 bits per heavy atom. The number of alkyl halides is 1. The molecule has 2 N–H and O–H groups in total. The van der Waals surface area contributed by atoms with Crippen LogP contribution in [0.4, 0.5) is 4.39 Å². The zero-order valence-corrected chi connectivity index (χ0v) is 8.38. The molecule has 0 radical (unpaired) electrons. The van der Waals surface area contributed by atoms with E-state index in [0.29, 0.717) is 10.9 Å². The summed E-state index contributed by atoms with van der Waals surface area (Å²) >= 11 is 7.12. The third-order valence-corrected chi connectivity index (χ3v) is 3.45. The quantitative estimate of drug-likeness (QED) is 0.810. The Balaban J connectivity index is 2.94. The molecule has 4 heteroatoms. The largest absolute Gasteiger partial charge is 0.329 e. The Bertz CT molecular complexity index is 257. The smallest absolute Gasteiger partial charge is 0.101 e. The van der Waals surface area contributed by atoms with Crippen molar-refractivity contribution in [1.29, 1.82) is 0 Å². The van der Waals surface area contributed by atoms with Crippen LogP contribution in [0.1, 0.15) is 11.8 Å². The summed E-state index contributed by atoms with van der Waals surface area (Å²) in [5.74, 6) is 0. The molecule has 0 aliphatic heterocycles. The topological polar surface area (TPSA) is 26.0 Å². The van der Waals surface area contributed by atoms with E-state index in [4.69, 9.17) is 17.3 Å². The van der Waals surface area contributed by atoms with Crippen molar-refractivity contribution in [2.45, 2.75) is 12.3 Å². The van der Waals surface area contributed by atoms with Crippen molar-refractivity contribution in [2.24, 2.45) is 5.73 Å². The van der Waals surface area contributed by atoms with E-state index in [0.717, 1.165) is 4.88 Å². The van der Waals surface area contributed by atoms with E-state index in [9.17, 15) is 4.39 Å². The van der Waals surface area contributed by atoms with Crippen molar-refractivity contribution in [2.75, 3.05) is 13.2 Å². The van der Waals surface area contributed by atoms with Gasteiger partial charge in [0.25, 0.3) is 0 Å². The van der Waals surface area contributed by atoms with Gasteiger partial charge in [0.15, 0.2) is 0 Å². The molecule has 1 atom stereocenters. The Morgan fingerprint density at radius 3 is 2.67 bits per heavy atom. The lowest BCUT2D eigenvalue weighted by Gasteiger charge is -2.22. The van der Waals surface area contributed by atoms with Crippen molar-refractivity contribution in [3.8, 4) is 0 Å². The van der Waals surface area contributed by atoms with Gasteiger partial charge in [0, 0.05) is 16.8 Å². The zero-order chi connectivity index (χ0) is 9.19. The van der Waals surface area contributed by atoms with Crippen molar-refractivity contribution < 1.29 is 4.39 Å². The highest BCUT2D eigenvalue weighted by molar-refractivity contribution is 7.16. The highest BCUT2D eigenvalue weighted by Crippen LogP contribution is 2.32. The molecule has 1 heterocycles. The summed E-state index contributed by atoms with van der Waals surface area (Å²) < 4.78 is 13.3. The highest BCUT2D eigenvalue weighted by atomic mass is 35.5. The van der Waals surface area contributed by atoms with Crippen LogP contribution in [-0.2, 0) is 5.41 Å². The minimum absolute atomic E-state index is 0.306. The van der Waals surface area contributed by atoms with Gasteiger partial charge in [-0.25, -0.2) is 0 Å². The standard InChI is InChI=1S/C8H11ClFNS/c1-8(4-10,5-11)6-2-3-7(9)12-6/h2-3H,4-5,11H2,1H3. The monoisotopic (exact) mass is 207 g/mol. The number of halogens is 2. The first-order chi connectivity index (χ1) is 5.62. The first-order valence-corrected chi connectivity index (χ1v) is 4.83. The van der Waals surface area contributed by atoms with Crippen LogP contribution in [0.5, 0.6) is 0 Å². The lowest BCUT2D eigenvalue weighted by molar-refractivity contribution is 0.339. The van der Waals surface area contributed by atoms with Crippen LogP contribution < -0.4 is 5.73 Å². The van der Waals surface area contributed by atoms with Gasteiger partial charge in [-0.3, -0.25) is 4.39 Å². The third-order valence-electron chi connectivity index (χ3n) is 1.91. The summed E-state index contributed by atoms with van der Waals surface area (Å²) in [4.78, 5) is 0.914. The lowest BCUT2D eigenvalue weighted by atomic mass is 9.91. The molecule has 1 rings (SSSR count). The number of thiophene rings is 1. The molecule has 1 aromatic rings. The maximum Gasteiger partial charge on any atom is 0.101 e.